The molecule has 0 heterocycles. The van der Waals surface area contributed by atoms with Gasteiger partial charge in [0, 0.05) is 12.8 Å². The van der Waals surface area contributed by atoms with Crippen molar-refractivity contribution in [2.45, 2.75) is 63.7 Å². The van der Waals surface area contributed by atoms with Gasteiger partial charge >= 0.3 is 11.9 Å². The summed E-state index contributed by atoms with van der Waals surface area (Å²) in [5.41, 5.74) is 6.29. The van der Waals surface area contributed by atoms with Crippen LogP contribution in [0.2, 0.25) is 0 Å². The maximum atomic E-state index is 12.9. The second kappa shape index (κ2) is 16.7. The Kier molecular flexibility index (Phi) is 14.1. The number of aliphatic hydroxyl groups excluding tert-OH is 1. The zero-order chi connectivity index (χ0) is 30.4. The highest BCUT2D eigenvalue weighted by atomic mass is 16.4. The first-order valence-electron chi connectivity index (χ1n) is 12.6. The molecule has 222 valence electrons. The molecule has 0 aromatic heterocycles. The van der Waals surface area contributed by atoms with Gasteiger partial charge in [-0.2, -0.15) is 0 Å². The Hall–Kier alpha value is -4.24. The van der Waals surface area contributed by atoms with Gasteiger partial charge in [-0.15, -0.1) is 0 Å². The summed E-state index contributed by atoms with van der Waals surface area (Å²) in [5, 5.41) is 45.9. The van der Waals surface area contributed by atoms with Crippen LogP contribution < -0.4 is 27.0 Å². The summed E-state index contributed by atoms with van der Waals surface area (Å²) in [6.45, 7) is 1.94. The third-order valence-electron chi connectivity index (χ3n) is 6.05. The van der Waals surface area contributed by atoms with E-state index >= 15 is 0 Å². The number of carbonyl (C=O) groups is 6. The first-order chi connectivity index (χ1) is 18.8. The van der Waals surface area contributed by atoms with Crippen LogP contribution >= 0.6 is 0 Å². The molecule has 15 heteroatoms. The van der Waals surface area contributed by atoms with E-state index in [0.29, 0.717) is 12.0 Å². The number of benzene rings is 1. The number of hydrogen-bond donors (Lipinski definition) is 9. The monoisotopic (exact) mass is 567 g/mol. The van der Waals surface area contributed by atoms with Crippen molar-refractivity contribution < 1.29 is 49.2 Å². The van der Waals surface area contributed by atoms with Crippen LogP contribution in [0.1, 0.15) is 38.7 Å². The fourth-order valence-electron chi connectivity index (χ4n) is 3.43. The standard InChI is InChI=1S/C25H37N5O10/c1-3-13(2)21(24(38)29-18(12-31)25(39)40)30-19(33)11-27-23(37)17(10-14-4-6-15(32)7-5-14)28-22(36)16(26)8-9-20(34)35/h4-7,13,16-18,21,31-32H,3,8-12,26H2,1-2H3,(H,27,37)(H,28,36)(H,29,38)(H,30,33)(H,34,35)(H,39,40)/t13-,16-,17-,18-,21-/m0/s1. The summed E-state index contributed by atoms with van der Waals surface area (Å²) in [5.74, 6) is -6.22. The van der Waals surface area contributed by atoms with Gasteiger partial charge in [-0.25, -0.2) is 4.79 Å². The molecule has 15 nitrogen and oxygen atoms in total. The van der Waals surface area contributed by atoms with Crippen LogP contribution in [0.3, 0.4) is 0 Å². The van der Waals surface area contributed by atoms with Gasteiger partial charge in [0.15, 0.2) is 0 Å². The van der Waals surface area contributed by atoms with E-state index in [0.717, 1.165) is 0 Å². The molecule has 1 aromatic rings. The third kappa shape index (κ3) is 11.7. The number of carboxylic acid groups (broad SMARTS) is 2. The Morgan fingerprint density at radius 2 is 1.50 bits per heavy atom. The van der Waals surface area contributed by atoms with Crippen molar-refractivity contribution in [1.29, 1.82) is 0 Å². The molecule has 1 rings (SSSR count). The number of rotatable bonds is 17. The number of carboxylic acids is 2. The molecule has 5 atom stereocenters. The van der Waals surface area contributed by atoms with Crippen molar-refractivity contribution in [2.24, 2.45) is 11.7 Å². The topological polar surface area (TPSA) is 257 Å². The molecule has 0 unspecified atom stereocenters. The molecule has 0 saturated heterocycles. The molecular formula is C25H37N5O10. The van der Waals surface area contributed by atoms with Gasteiger partial charge in [0.2, 0.25) is 23.6 Å². The van der Waals surface area contributed by atoms with Crippen LogP contribution in [0.15, 0.2) is 24.3 Å². The highest BCUT2D eigenvalue weighted by Gasteiger charge is 2.30. The molecule has 1 aromatic carbocycles. The summed E-state index contributed by atoms with van der Waals surface area (Å²) in [6.07, 6.45) is -0.152. The normalized spacial score (nSPS) is 14.5. The molecule has 0 aliphatic rings. The highest BCUT2D eigenvalue weighted by molar-refractivity contribution is 5.94. The van der Waals surface area contributed by atoms with Crippen molar-refractivity contribution in [1.82, 2.24) is 21.3 Å². The van der Waals surface area contributed by atoms with Crippen molar-refractivity contribution in [3.05, 3.63) is 29.8 Å². The van der Waals surface area contributed by atoms with Crippen LogP contribution in [0.25, 0.3) is 0 Å². The molecule has 0 aliphatic carbocycles. The lowest BCUT2D eigenvalue weighted by Crippen LogP contribution is -2.57. The van der Waals surface area contributed by atoms with Crippen LogP contribution in [0.5, 0.6) is 5.75 Å². The van der Waals surface area contributed by atoms with Crippen molar-refractivity contribution in [3.8, 4) is 5.75 Å². The van der Waals surface area contributed by atoms with Gasteiger partial charge in [0.25, 0.3) is 0 Å². The summed E-state index contributed by atoms with van der Waals surface area (Å²) >= 11 is 0. The quantitative estimate of drug-likeness (QED) is 0.0977. The second-order valence-electron chi connectivity index (χ2n) is 9.20. The molecule has 40 heavy (non-hydrogen) atoms. The lowest BCUT2D eigenvalue weighted by atomic mass is 9.98. The van der Waals surface area contributed by atoms with E-state index in [2.05, 4.69) is 21.3 Å². The number of phenolic OH excluding ortho intramolecular Hbond substituents is 1. The van der Waals surface area contributed by atoms with Gasteiger partial charge in [-0.1, -0.05) is 32.4 Å². The van der Waals surface area contributed by atoms with Gasteiger partial charge in [-0.3, -0.25) is 24.0 Å². The number of phenols is 1. The van der Waals surface area contributed by atoms with Crippen LogP contribution in [-0.4, -0.2) is 93.3 Å². The maximum Gasteiger partial charge on any atom is 0.328 e. The fourth-order valence-corrected chi connectivity index (χ4v) is 3.43. The van der Waals surface area contributed by atoms with E-state index in [1.807, 2.05) is 0 Å². The van der Waals surface area contributed by atoms with Gasteiger partial charge in [0.1, 0.15) is 23.9 Å². The number of nitrogens with one attached hydrogen (secondary N) is 4. The van der Waals surface area contributed by atoms with Gasteiger partial charge in [0.05, 0.1) is 19.2 Å². The minimum absolute atomic E-state index is 0.0188. The number of aliphatic carboxylic acids is 2. The Balaban J connectivity index is 2.93. The minimum Gasteiger partial charge on any atom is -0.508 e. The predicted octanol–water partition coefficient (Wildman–Crippen LogP) is -2.18. The first-order valence-corrected chi connectivity index (χ1v) is 12.6. The third-order valence-corrected chi connectivity index (χ3v) is 6.05. The molecular weight excluding hydrogens is 530 g/mol. The van der Waals surface area contributed by atoms with E-state index < -0.39 is 78.8 Å². The number of nitrogens with two attached hydrogens (primary N) is 1. The fraction of sp³-hybridized carbons (Fsp3) is 0.520. The van der Waals surface area contributed by atoms with Crippen LogP contribution in [-0.2, 0) is 35.2 Å². The Labute approximate surface area is 230 Å². The zero-order valence-corrected chi connectivity index (χ0v) is 22.3. The molecule has 0 aliphatic heterocycles. The first kappa shape index (κ1) is 33.8. The Morgan fingerprint density at radius 3 is 2.02 bits per heavy atom. The SMILES string of the molecule is CC[C@H](C)[C@H](NC(=O)CNC(=O)[C@H](Cc1ccc(O)cc1)NC(=O)[C@@H](N)CCC(=O)O)C(=O)N[C@@H](CO)C(=O)O. The Morgan fingerprint density at radius 1 is 0.900 bits per heavy atom. The average molecular weight is 568 g/mol. The minimum atomic E-state index is -1.57. The molecule has 0 saturated carbocycles. The smallest absolute Gasteiger partial charge is 0.328 e. The lowest BCUT2D eigenvalue weighted by Gasteiger charge is -2.25. The van der Waals surface area contributed by atoms with E-state index in [4.69, 9.17) is 21.1 Å². The van der Waals surface area contributed by atoms with Crippen LogP contribution in [0, 0.1) is 5.92 Å². The average Bonchev–Trinajstić information content (AvgIpc) is 2.91. The van der Waals surface area contributed by atoms with Crippen molar-refractivity contribution in [3.63, 3.8) is 0 Å². The van der Waals surface area contributed by atoms with E-state index in [9.17, 15) is 33.9 Å². The molecule has 0 radical (unpaired) electrons. The second-order valence-corrected chi connectivity index (χ2v) is 9.20. The van der Waals surface area contributed by atoms with Gasteiger partial charge in [-0.05, 0) is 30.0 Å². The summed E-state index contributed by atoms with van der Waals surface area (Å²) in [7, 11) is 0. The molecule has 10 N–H and O–H groups in total. The largest absolute Gasteiger partial charge is 0.508 e. The highest BCUT2D eigenvalue weighted by Crippen LogP contribution is 2.12. The van der Waals surface area contributed by atoms with Gasteiger partial charge < -0.3 is 47.4 Å². The Bertz CT molecular complexity index is 1050. The van der Waals surface area contributed by atoms with Crippen molar-refractivity contribution >= 4 is 35.6 Å². The predicted molar refractivity (Wildman–Crippen MR) is 140 cm³/mol. The summed E-state index contributed by atoms with van der Waals surface area (Å²) in [6, 6.07) is 0.626. The number of aromatic hydroxyl groups is 1. The van der Waals surface area contributed by atoms with E-state index in [-0.39, 0.29) is 25.0 Å². The summed E-state index contributed by atoms with van der Waals surface area (Å²) < 4.78 is 0. The molecule has 0 spiro atoms. The number of hydrogen-bond acceptors (Lipinski definition) is 9. The summed E-state index contributed by atoms with van der Waals surface area (Å²) in [4.78, 5) is 72.6. The molecule has 0 bridgehead atoms. The number of carbonyl (C=O) groups excluding carboxylic acids is 4. The maximum absolute atomic E-state index is 12.9. The molecule has 0 fully saturated rings. The lowest BCUT2D eigenvalue weighted by molar-refractivity contribution is -0.143. The van der Waals surface area contributed by atoms with Crippen molar-refractivity contribution in [2.75, 3.05) is 13.2 Å². The number of aliphatic hydroxyl groups is 1. The zero-order valence-electron chi connectivity index (χ0n) is 22.3. The van der Waals surface area contributed by atoms with E-state index in [1.54, 1.807) is 13.8 Å². The van der Waals surface area contributed by atoms with E-state index in [1.165, 1.54) is 24.3 Å². The molecule has 4 amide bonds. The van der Waals surface area contributed by atoms with Crippen LogP contribution in [0.4, 0.5) is 0 Å². The number of amides is 4.